The van der Waals surface area contributed by atoms with Gasteiger partial charge in [-0.15, -0.1) is 0 Å². The van der Waals surface area contributed by atoms with Gasteiger partial charge in [0.15, 0.2) is 0 Å². The molecule has 0 aromatic heterocycles. The molecule has 0 bridgehead atoms. The highest BCUT2D eigenvalue weighted by atomic mass is 35.5. The van der Waals surface area contributed by atoms with Crippen LogP contribution in [0.1, 0.15) is 28.3 Å². The van der Waals surface area contributed by atoms with E-state index < -0.39 is 23.5 Å². The number of aliphatic hydroxyl groups is 1. The van der Waals surface area contributed by atoms with Gasteiger partial charge in [0, 0.05) is 17.1 Å². The maximum absolute atomic E-state index is 13.6. The predicted molar refractivity (Wildman–Crippen MR) is 128 cm³/mol. The molecular weight excluding hydrogens is 457 g/mol. The lowest BCUT2D eigenvalue weighted by Crippen LogP contribution is -2.31. The number of aliphatic hydroxyl groups excluding tert-OH is 1. The van der Waals surface area contributed by atoms with Crippen molar-refractivity contribution < 1.29 is 23.8 Å². The van der Waals surface area contributed by atoms with Crippen molar-refractivity contribution in [1.29, 1.82) is 0 Å². The highest BCUT2D eigenvalue weighted by molar-refractivity contribution is 6.46. The lowest BCUT2D eigenvalue weighted by atomic mass is 9.93. The smallest absolute Gasteiger partial charge is 0.295 e. The highest BCUT2D eigenvalue weighted by Gasteiger charge is 2.46. The Labute approximate surface area is 202 Å². The third kappa shape index (κ3) is 4.54. The number of hydrogen-bond donors (Lipinski definition) is 1. The zero-order valence-electron chi connectivity index (χ0n) is 18.7. The Bertz CT molecular complexity index is 1270. The minimum atomic E-state index is -0.852. The van der Waals surface area contributed by atoms with Crippen LogP contribution in [0.15, 0.2) is 72.3 Å². The summed E-state index contributed by atoms with van der Waals surface area (Å²) in [7, 11) is 1.54. The van der Waals surface area contributed by atoms with Crippen LogP contribution in [0.4, 0.5) is 4.39 Å². The van der Waals surface area contributed by atoms with Crippen molar-refractivity contribution in [2.45, 2.75) is 19.4 Å². The average Bonchev–Trinajstić information content (AvgIpc) is 3.08. The van der Waals surface area contributed by atoms with E-state index in [1.165, 1.54) is 36.3 Å². The molecular formula is C27H23ClFNO4. The van der Waals surface area contributed by atoms with Gasteiger partial charge in [0.2, 0.25) is 0 Å². The standard InChI is InChI=1S/C27H23ClFNO4/c1-16-15-21(34-2)11-12-22(16)25(31)23-24(18-5-9-20(29)10-6-18)30(27(33)26(23)32)14-13-17-3-7-19(28)8-4-17/h3-12,15,24,31H,13-14H2,1-2H3/b25-23-. The first kappa shape index (κ1) is 23.5. The van der Waals surface area contributed by atoms with E-state index >= 15 is 0 Å². The molecule has 1 fully saturated rings. The summed E-state index contributed by atoms with van der Waals surface area (Å²) in [5, 5.41) is 11.8. The molecule has 1 N–H and O–H groups in total. The Hall–Kier alpha value is -3.64. The monoisotopic (exact) mass is 479 g/mol. The fourth-order valence-electron chi connectivity index (χ4n) is 4.18. The van der Waals surface area contributed by atoms with Gasteiger partial charge in [-0.3, -0.25) is 9.59 Å². The minimum absolute atomic E-state index is 0.0269. The normalized spacial score (nSPS) is 17.3. The van der Waals surface area contributed by atoms with Crippen molar-refractivity contribution in [2.24, 2.45) is 0 Å². The van der Waals surface area contributed by atoms with Crippen molar-refractivity contribution in [2.75, 3.05) is 13.7 Å². The Morgan fingerprint density at radius 2 is 1.74 bits per heavy atom. The summed E-state index contributed by atoms with van der Waals surface area (Å²) in [6.45, 7) is 2.01. The Morgan fingerprint density at radius 3 is 2.35 bits per heavy atom. The summed E-state index contributed by atoms with van der Waals surface area (Å²) in [4.78, 5) is 27.7. The van der Waals surface area contributed by atoms with E-state index in [0.717, 1.165) is 5.56 Å². The number of amides is 1. The first-order chi connectivity index (χ1) is 16.3. The number of hydrogen-bond acceptors (Lipinski definition) is 4. The van der Waals surface area contributed by atoms with Gasteiger partial charge in [0.05, 0.1) is 18.7 Å². The van der Waals surface area contributed by atoms with Crippen molar-refractivity contribution in [1.82, 2.24) is 4.90 Å². The average molecular weight is 480 g/mol. The minimum Gasteiger partial charge on any atom is -0.507 e. The van der Waals surface area contributed by atoms with Crippen LogP contribution in [-0.2, 0) is 16.0 Å². The van der Waals surface area contributed by atoms with E-state index in [0.29, 0.717) is 33.9 Å². The number of carbonyl (C=O) groups is 2. The Balaban J connectivity index is 1.78. The largest absolute Gasteiger partial charge is 0.507 e. The van der Waals surface area contributed by atoms with Gasteiger partial charge in [-0.2, -0.15) is 0 Å². The Kier molecular flexibility index (Phi) is 6.70. The van der Waals surface area contributed by atoms with E-state index in [9.17, 15) is 19.1 Å². The molecule has 1 aliphatic rings. The molecule has 174 valence electrons. The SMILES string of the molecule is COc1ccc(/C(O)=C2/C(=O)C(=O)N(CCc3ccc(Cl)cc3)C2c2ccc(F)cc2)c(C)c1. The predicted octanol–water partition coefficient (Wildman–Crippen LogP) is 5.46. The van der Waals surface area contributed by atoms with Crippen LogP contribution < -0.4 is 4.74 Å². The number of Topliss-reactive ketones (excluding diaryl/α,β-unsaturated/α-hetero) is 1. The van der Waals surface area contributed by atoms with Crippen LogP contribution in [0.3, 0.4) is 0 Å². The van der Waals surface area contributed by atoms with Crippen LogP contribution in [0.2, 0.25) is 5.02 Å². The van der Waals surface area contributed by atoms with Crippen LogP contribution in [0, 0.1) is 12.7 Å². The molecule has 1 atom stereocenters. The second-order valence-corrected chi connectivity index (χ2v) is 8.54. The second kappa shape index (κ2) is 9.69. The molecule has 3 aromatic rings. The lowest BCUT2D eigenvalue weighted by Gasteiger charge is -2.25. The van der Waals surface area contributed by atoms with Crippen molar-refractivity contribution in [3.8, 4) is 5.75 Å². The topological polar surface area (TPSA) is 66.8 Å². The van der Waals surface area contributed by atoms with Gasteiger partial charge < -0.3 is 14.7 Å². The van der Waals surface area contributed by atoms with Crippen LogP contribution in [-0.4, -0.2) is 35.4 Å². The summed E-state index contributed by atoms with van der Waals surface area (Å²) in [6.07, 6.45) is 0.476. The number of methoxy groups -OCH3 is 1. The summed E-state index contributed by atoms with van der Waals surface area (Å²) < 4.78 is 18.9. The van der Waals surface area contributed by atoms with Gasteiger partial charge in [0.1, 0.15) is 17.3 Å². The number of ketones is 1. The number of ether oxygens (including phenoxy) is 1. The lowest BCUT2D eigenvalue weighted by molar-refractivity contribution is -0.139. The van der Waals surface area contributed by atoms with E-state index in [-0.39, 0.29) is 17.9 Å². The molecule has 1 aliphatic heterocycles. The molecule has 0 aliphatic carbocycles. The quantitative estimate of drug-likeness (QED) is 0.289. The van der Waals surface area contributed by atoms with E-state index in [1.54, 1.807) is 37.3 Å². The number of nitrogens with zero attached hydrogens (tertiary/aromatic N) is 1. The number of aryl methyl sites for hydroxylation is 1. The Morgan fingerprint density at radius 1 is 1.06 bits per heavy atom. The van der Waals surface area contributed by atoms with Crippen molar-refractivity contribution in [3.63, 3.8) is 0 Å². The molecule has 3 aromatic carbocycles. The summed E-state index contributed by atoms with van der Waals surface area (Å²) >= 11 is 5.96. The van der Waals surface area contributed by atoms with E-state index in [2.05, 4.69) is 0 Å². The number of likely N-dealkylation sites (tertiary alicyclic amines) is 1. The van der Waals surface area contributed by atoms with Gasteiger partial charge in [-0.05, 0) is 72.5 Å². The fraction of sp³-hybridized carbons (Fsp3) is 0.185. The number of rotatable bonds is 6. The van der Waals surface area contributed by atoms with Crippen molar-refractivity contribution in [3.05, 3.63) is 105 Å². The fourth-order valence-corrected chi connectivity index (χ4v) is 4.30. The van der Waals surface area contributed by atoms with Gasteiger partial charge in [0.25, 0.3) is 11.7 Å². The molecule has 34 heavy (non-hydrogen) atoms. The number of benzene rings is 3. The molecule has 0 saturated carbocycles. The van der Waals surface area contributed by atoms with Gasteiger partial charge in [-0.1, -0.05) is 35.9 Å². The van der Waals surface area contributed by atoms with E-state index in [4.69, 9.17) is 16.3 Å². The summed E-state index contributed by atoms with van der Waals surface area (Å²) in [6, 6.07) is 17.0. The molecule has 0 spiro atoms. The van der Waals surface area contributed by atoms with Crippen molar-refractivity contribution >= 4 is 29.1 Å². The molecule has 1 heterocycles. The molecule has 0 radical (unpaired) electrons. The van der Waals surface area contributed by atoms with Gasteiger partial charge >= 0.3 is 0 Å². The maximum Gasteiger partial charge on any atom is 0.295 e. The first-order valence-corrected chi connectivity index (χ1v) is 11.1. The van der Waals surface area contributed by atoms with Crippen LogP contribution >= 0.6 is 11.6 Å². The second-order valence-electron chi connectivity index (χ2n) is 8.10. The van der Waals surface area contributed by atoms with Gasteiger partial charge in [-0.25, -0.2) is 4.39 Å². The molecule has 1 unspecified atom stereocenters. The molecule has 1 saturated heterocycles. The number of halogens is 2. The third-order valence-electron chi connectivity index (χ3n) is 5.97. The summed E-state index contributed by atoms with van der Waals surface area (Å²) in [5.74, 6) is -1.60. The molecule has 5 nitrogen and oxygen atoms in total. The van der Waals surface area contributed by atoms with Crippen LogP contribution in [0.25, 0.3) is 5.76 Å². The zero-order valence-corrected chi connectivity index (χ0v) is 19.5. The number of carbonyl (C=O) groups excluding carboxylic acids is 2. The zero-order chi connectivity index (χ0) is 24.4. The molecule has 4 rings (SSSR count). The van der Waals surface area contributed by atoms with E-state index in [1.807, 2.05) is 12.1 Å². The maximum atomic E-state index is 13.6. The third-order valence-corrected chi connectivity index (χ3v) is 6.22. The first-order valence-electron chi connectivity index (χ1n) is 10.7. The highest BCUT2D eigenvalue weighted by Crippen LogP contribution is 2.40. The summed E-state index contributed by atoms with van der Waals surface area (Å²) in [5.41, 5.74) is 2.55. The molecule has 1 amide bonds. The van der Waals surface area contributed by atoms with Crippen LogP contribution in [0.5, 0.6) is 5.75 Å². The molecule has 7 heteroatoms.